The zero-order valence-electron chi connectivity index (χ0n) is 27.2. The van der Waals surface area contributed by atoms with Gasteiger partial charge in [-0.2, -0.15) is 0 Å². The van der Waals surface area contributed by atoms with Crippen LogP contribution in [0.4, 0.5) is 14.7 Å². The summed E-state index contributed by atoms with van der Waals surface area (Å²) in [6.45, 7) is 2.43. The summed E-state index contributed by atoms with van der Waals surface area (Å²) in [6, 6.07) is 12.1. The van der Waals surface area contributed by atoms with Gasteiger partial charge in [0.25, 0.3) is 0 Å². The summed E-state index contributed by atoms with van der Waals surface area (Å²) in [5.41, 5.74) is 7.84. The van der Waals surface area contributed by atoms with Gasteiger partial charge in [-0.25, -0.2) is 24.1 Å². The molecule has 49 heavy (non-hydrogen) atoms. The number of aliphatic carboxylic acids is 1. The van der Waals surface area contributed by atoms with Gasteiger partial charge in [-0.1, -0.05) is 35.3 Å². The van der Waals surface area contributed by atoms with Gasteiger partial charge in [0.2, 0.25) is 5.13 Å². The van der Waals surface area contributed by atoms with Gasteiger partial charge in [0.05, 0.1) is 23.4 Å². The number of carbonyl (C=O) groups is 2. The number of aromatic nitrogens is 2. The van der Waals surface area contributed by atoms with Crippen LogP contribution in [0.3, 0.4) is 0 Å². The minimum absolute atomic E-state index is 0.0627. The second-order valence-corrected chi connectivity index (χ2v) is 13.1. The number of ether oxygens (including phenoxy) is 1. The molecule has 0 aliphatic carbocycles. The van der Waals surface area contributed by atoms with E-state index in [9.17, 15) is 24.2 Å². The highest BCUT2D eigenvalue weighted by Crippen LogP contribution is 2.30. The number of anilines is 1. The molecule has 5 N–H and O–H groups in total. The molecule has 15 heteroatoms. The third-order valence-corrected chi connectivity index (χ3v) is 8.87. The van der Waals surface area contributed by atoms with E-state index in [1.165, 1.54) is 34.4 Å². The summed E-state index contributed by atoms with van der Waals surface area (Å²) in [6.07, 6.45) is 2.11. The summed E-state index contributed by atoms with van der Waals surface area (Å²) in [7, 11) is 3.78. The van der Waals surface area contributed by atoms with Crippen LogP contribution >= 0.6 is 22.7 Å². The van der Waals surface area contributed by atoms with E-state index in [-0.39, 0.29) is 60.7 Å². The molecule has 2 aromatic heterocycles. The fraction of sp³-hybridized carbons (Fsp3) is 0.294. The smallest absolute Gasteiger partial charge is 0.355 e. The first kappa shape index (κ1) is 36.7. The van der Waals surface area contributed by atoms with Crippen molar-refractivity contribution in [3.8, 4) is 17.6 Å². The minimum atomic E-state index is -1.24. The predicted octanol–water partition coefficient (Wildman–Crippen LogP) is 5.80. The minimum Gasteiger partial charge on any atom is -0.491 e. The van der Waals surface area contributed by atoms with Crippen LogP contribution in [0.15, 0.2) is 59.1 Å². The number of thiazole rings is 2. The molecule has 0 aliphatic rings. The standard InChI is InChI=1S/C34H36FN7O5S2/c1-21(31(37)40-33-38-24-10-4-5-11-26(24)48-33)19-28(36)42(17-7-13-29(43)44)34-39-30(32(45)46)27(49-34)12-8-18-47-25-15-14-22(20-23(25)35)9-6-16-41(2)3/h4-5,10-11,14-15,19-20,36H,7-8,12-13,16-18H2,1-3H3,(H,43,44)(H,45,46)(H2,37,38,40)/b21-19-,36-28?. The molecule has 0 fully saturated rings. The number of fused-ring (bicyclic) bond motifs is 1. The Morgan fingerprint density at radius 2 is 1.92 bits per heavy atom. The first-order valence-corrected chi connectivity index (χ1v) is 16.8. The highest BCUT2D eigenvalue weighted by atomic mass is 32.1. The lowest BCUT2D eigenvalue weighted by Gasteiger charge is -2.20. The van der Waals surface area contributed by atoms with Crippen molar-refractivity contribution >= 4 is 66.8 Å². The van der Waals surface area contributed by atoms with Gasteiger partial charge in [-0.05, 0) is 82.3 Å². The van der Waals surface area contributed by atoms with E-state index in [1.807, 2.05) is 43.3 Å². The Morgan fingerprint density at radius 3 is 2.61 bits per heavy atom. The van der Waals surface area contributed by atoms with Gasteiger partial charge in [0, 0.05) is 23.4 Å². The molecule has 2 heterocycles. The van der Waals surface area contributed by atoms with E-state index in [0.29, 0.717) is 34.1 Å². The molecule has 4 rings (SSSR count). The normalized spacial score (nSPS) is 11.8. The summed E-state index contributed by atoms with van der Waals surface area (Å²) in [4.78, 5) is 40.3. The van der Waals surface area contributed by atoms with Crippen molar-refractivity contribution in [2.24, 2.45) is 10.7 Å². The zero-order chi connectivity index (χ0) is 35.5. The second kappa shape index (κ2) is 17.3. The van der Waals surface area contributed by atoms with E-state index in [4.69, 9.17) is 15.9 Å². The number of nitrogens with two attached hydrogens (primary N) is 1. The number of amidine groups is 2. The number of aromatic carboxylic acids is 1. The van der Waals surface area contributed by atoms with Crippen molar-refractivity contribution in [2.45, 2.75) is 32.6 Å². The maximum Gasteiger partial charge on any atom is 0.355 e. The molecule has 4 aromatic rings. The lowest BCUT2D eigenvalue weighted by atomic mass is 10.2. The number of benzene rings is 2. The van der Waals surface area contributed by atoms with Crippen LogP contribution in [-0.2, 0) is 11.2 Å². The Hall–Kier alpha value is -5.17. The Bertz CT molecular complexity index is 1930. The topological polar surface area (TPSA) is 178 Å². The fourth-order valence-electron chi connectivity index (χ4n) is 4.37. The number of para-hydroxylation sites is 1. The van der Waals surface area contributed by atoms with E-state index in [2.05, 4.69) is 26.8 Å². The van der Waals surface area contributed by atoms with E-state index in [1.54, 1.807) is 13.0 Å². The van der Waals surface area contributed by atoms with Crippen LogP contribution in [0.2, 0.25) is 0 Å². The molecular weight excluding hydrogens is 670 g/mol. The highest BCUT2D eigenvalue weighted by molar-refractivity contribution is 7.22. The lowest BCUT2D eigenvalue weighted by Crippen LogP contribution is -2.31. The van der Waals surface area contributed by atoms with Crippen molar-refractivity contribution in [1.29, 1.82) is 5.41 Å². The monoisotopic (exact) mass is 705 g/mol. The van der Waals surface area contributed by atoms with Crippen LogP contribution in [0, 0.1) is 23.1 Å². The van der Waals surface area contributed by atoms with Gasteiger partial charge in [-0.3, -0.25) is 15.1 Å². The van der Waals surface area contributed by atoms with Crippen LogP contribution in [0.1, 0.15) is 47.1 Å². The lowest BCUT2D eigenvalue weighted by molar-refractivity contribution is -0.137. The summed E-state index contributed by atoms with van der Waals surface area (Å²) in [5.74, 6) is 3.19. The molecule has 0 aliphatic heterocycles. The van der Waals surface area contributed by atoms with E-state index < -0.39 is 17.8 Å². The molecule has 0 atom stereocenters. The number of nitrogens with zero attached hydrogens (tertiary/aromatic N) is 5. The quantitative estimate of drug-likeness (QED) is 0.0512. The maximum atomic E-state index is 14.6. The molecule has 0 saturated heterocycles. The molecule has 0 radical (unpaired) electrons. The van der Waals surface area contributed by atoms with Crippen LogP contribution in [-0.4, -0.2) is 82.5 Å². The fourth-order valence-corrected chi connectivity index (χ4v) is 6.35. The largest absolute Gasteiger partial charge is 0.491 e. The molecule has 0 amide bonds. The summed E-state index contributed by atoms with van der Waals surface area (Å²) in [5, 5.41) is 28.6. The number of rotatable bonds is 15. The number of carboxylic acid groups (broad SMARTS) is 2. The van der Waals surface area contributed by atoms with Crippen LogP contribution < -0.4 is 15.4 Å². The van der Waals surface area contributed by atoms with Crippen molar-refractivity contribution in [2.75, 3.05) is 38.7 Å². The van der Waals surface area contributed by atoms with Crippen molar-refractivity contribution < 1.29 is 28.9 Å². The molecule has 0 saturated carbocycles. The average Bonchev–Trinajstić information content (AvgIpc) is 3.65. The van der Waals surface area contributed by atoms with Gasteiger partial charge < -0.3 is 25.6 Å². The van der Waals surface area contributed by atoms with Crippen molar-refractivity contribution in [3.05, 3.63) is 76.1 Å². The summed E-state index contributed by atoms with van der Waals surface area (Å²) >= 11 is 2.46. The van der Waals surface area contributed by atoms with Gasteiger partial charge in [0.15, 0.2) is 22.4 Å². The number of nitrogens with one attached hydrogen (secondary N) is 1. The van der Waals surface area contributed by atoms with Gasteiger partial charge in [0.1, 0.15) is 11.7 Å². The first-order chi connectivity index (χ1) is 23.4. The Balaban J connectivity index is 1.47. The van der Waals surface area contributed by atoms with E-state index in [0.717, 1.165) is 21.6 Å². The van der Waals surface area contributed by atoms with E-state index >= 15 is 0 Å². The highest BCUT2D eigenvalue weighted by Gasteiger charge is 2.23. The number of aryl methyl sites for hydroxylation is 1. The third-order valence-electron chi connectivity index (χ3n) is 6.80. The van der Waals surface area contributed by atoms with Gasteiger partial charge >= 0.3 is 11.9 Å². The Morgan fingerprint density at radius 1 is 1.14 bits per heavy atom. The summed E-state index contributed by atoms with van der Waals surface area (Å²) < 4.78 is 21.2. The number of aliphatic imine (C=N–C) groups is 1. The SMILES string of the molecule is CC(=C/C(=N)N(CCCC(=O)O)c1nc(C(=O)O)c(CCCOc2ccc(C#CCN(C)C)cc2F)s1)/C(N)=N/c1nc2ccccc2s1. The molecule has 2 aromatic carbocycles. The molecule has 0 unspecified atom stereocenters. The van der Waals surface area contributed by atoms with Crippen molar-refractivity contribution in [1.82, 2.24) is 14.9 Å². The molecule has 0 spiro atoms. The van der Waals surface area contributed by atoms with Crippen molar-refractivity contribution in [3.63, 3.8) is 0 Å². The Kier molecular flexibility index (Phi) is 12.9. The average molecular weight is 706 g/mol. The third kappa shape index (κ3) is 10.7. The van der Waals surface area contributed by atoms with Crippen LogP contribution in [0.25, 0.3) is 10.2 Å². The molecule has 256 valence electrons. The molecule has 12 nitrogen and oxygen atoms in total. The number of halogens is 1. The van der Waals surface area contributed by atoms with Gasteiger partial charge in [-0.15, -0.1) is 11.3 Å². The number of carboxylic acids is 2. The Labute approximate surface area is 290 Å². The number of hydrogen-bond acceptors (Lipinski definition) is 10. The molecule has 0 bridgehead atoms. The predicted molar refractivity (Wildman–Crippen MR) is 191 cm³/mol. The first-order valence-electron chi connectivity index (χ1n) is 15.2. The molecular formula is C34H36FN7O5S2. The second-order valence-electron chi connectivity index (χ2n) is 11.0. The maximum absolute atomic E-state index is 14.6. The zero-order valence-corrected chi connectivity index (χ0v) is 28.8. The van der Waals surface area contributed by atoms with Crippen LogP contribution in [0.5, 0.6) is 5.75 Å². The number of hydrogen-bond donors (Lipinski definition) is 4.